The molecule has 276 valence electrons. The van der Waals surface area contributed by atoms with Gasteiger partial charge in [-0.2, -0.15) is 0 Å². The number of ether oxygens (including phenoxy) is 3. The number of rotatable bonds is 32. The van der Waals surface area contributed by atoms with Gasteiger partial charge in [0.1, 0.15) is 0 Å². The number of hydrogen-bond acceptors (Lipinski definition) is 8. The lowest BCUT2D eigenvalue weighted by atomic mass is 10.1. The van der Waals surface area contributed by atoms with Crippen LogP contribution in [0, 0.1) is 0 Å². The molecule has 47 heavy (non-hydrogen) atoms. The van der Waals surface area contributed by atoms with Crippen LogP contribution < -0.4 is 0 Å². The second kappa shape index (κ2) is 31.6. The third kappa shape index (κ3) is 25.0. The first-order valence-electron chi connectivity index (χ1n) is 20.0. The number of unbranched alkanes of at least 4 members (excludes halogenated alkanes) is 20. The zero-order valence-electron chi connectivity index (χ0n) is 31.0. The normalized spacial score (nSPS) is 14.0. The molecule has 0 aromatic carbocycles. The maximum atomic E-state index is 12.9. The molecule has 0 spiro atoms. The van der Waals surface area contributed by atoms with Gasteiger partial charge in [-0.25, -0.2) is 9.59 Å². The fourth-order valence-electron chi connectivity index (χ4n) is 6.19. The number of piperazine rings is 1. The predicted octanol–water partition coefficient (Wildman–Crippen LogP) is 9.02. The van der Waals surface area contributed by atoms with Gasteiger partial charge in [0.05, 0.1) is 13.2 Å². The van der Waals surface area contributed by atoms with E-state index in [-0.39, 0.29) is 19.6 Å². The van der Waals surface area contributed by atoms with Gasteiger partial charge in [-0.1, -0.05) is 149 Å². The molecule has 1 aliphatic heterocycles. The third-order valence-electron chi connectivity index (χ3n) is 9.43. The summed E-state index contributed by atoms with van der Waals surface area (Å²) in [4.78, 5) is 43.2. The van der Waals surface area contributed by atoms with Gasteiger partial charge in [0.25, 0.3) is 6.10 Å². The van der Waals surface area contributed by atoms with E-state index < -0.39 is 24.0 Å². The van der Waals surface area contributed by atoms with E-state index in [0.717, 1.165) is 77.8 Å². The monoisotopic (exact) mass is 667 g/mol. The van der Waals surface area contributed by atoms with Crippen molar-refractivity contribution in [3.05, 3.63) is 0 Å². The van der Waals surface area contributed by atoms with Crippen molar-refractivity contribution in [2.75, 3.05) is 52.5 Å². The molecule has 1 aliphatic rings. The number of carbonyl (C=O) groups excluding carboxylic acids is 3. The minimum Gasteiger partial charge on any atom is -0.462 e. The van der Waals surface area contributed by atoms with Gasteiger partial charge in [0.15, 0.2) is 0 Å². The lowest BCUT2D eigenvalue weighted by molar-refractivity contribution is -0.180. The Morgan fingerprint density at radius 1 is 0.489 bits per heavy atom. The Kier molecular flexibility index (Phi) is 29.1. The molecule has 0 N–H and O–H groups in total. The molecule has 0 radical (unpaired) electrons. The second-order valence-electron chi connectivity index (χ2n) is 13.7. The van der Waals surface area contributed by atoms with Crippen molar-refractivity contribution in [3.8, 4) is 0 Å². The SMILES string of the molecule is CCCCCCCCCCCCCOC(=O)C(OC(=O)CCCN1CCN(CC)CC1)C(=O)OCCCCCCCCCCCCC. The van der Waals surface area contributed by atoms with Crippen LogP contribution >= 0.6 is 0 Å². The Bertz CT molecular complexity index is 716. The molecule has 0 amide bonds. The highest BCUT2D eigenvalue weighted by molar-refractivity contribution is 5.99. The Hall–Kier alpha value is -1.67. The molecule has 0 aliphatic carbocycles. The van der Waals surface area contributed by atoms with E-state index in [9.17, 15) is 14.4 Å². The van der Waals surface area contributed by atoms with Gasteiger partial charge >= 0.3 is 17.9 Å². The van der Waals surface area contributed by atoms with Crippen LogP contribution in [0.2, 0.25) is 0 Å². The first kappa shape index (κ1) is 43.4. The largest absolute Gasteiger partial charge is 0.462 e. The number of likely N-dealkylation sites (N-methyl/N-ethyl adjacent to an activating group) is 1. The molecule has 1 fully saturated rings. The van der Waals surface area contributed by atoms with Crippen molar-refractivity contribution in [3.63, 3.8) is 0 Å². The number of nitrogens with zero attached hydrogens (tertiary/aromatic N) is 2. The van der Waals surface area contributed by atoms with Crippen molar-refractivity contribution >= 4 is 17.9 Å². The maximum absolute atomic E-state index is 12.9. The molecular weight excluding hydrogens is 592 g/mol. The molecule has 1 heterocycles. The smallest absolute Gasteiger partial charge is 0.359 e. The van der Waals surface area contributed by atoms with Gasteiger partial charge in [0.2, 0.25) is 0 Å². The third-order valence-corrected chi connectivity index (χ3v) is 9.43. The summed E-state index contributed by atoms with van der Waals surface area (Å²) in [5, 5.41) is 0. The van der Waals surface area contributed by atoms with Gasteiger partial charge in [-0.15, -0.1) is 0 Å². The van der Waals surface area contributed by atoms with E-state index in [1.807, 2.05) is 0 Å². The van der Waals surface area contributed by atoms with Gasteiger partial charge in [0, 0.05) is 32.6 Å². The molecule has 0 bridgehead atoms. The Morgan fingerprint density at radius 2 is 0.851 bits per heavy atom. The summed E-state index contributed by atoms with van der Waals surface area (Å²) in [6.45, 7) is 13.0. The molecule has 1 rings (SSSR count). The highest BCUT2D eigenvalue weighted by Gasteiger charge is 2.34. The van der Waals surface area contributed by atoms with E-state index in [4.69, 9.17) is 14.2 Å². The number of esters is 3. The number of hydrogen-bond donors (Lipinski definition) is 0. The summed E-state index contributed by atoms with van der Waals surface area (Å²) in [7, 11) is 0. The van der Waals surface area contributed by atoms with Crippen LogP contribution in [-0.2, 0) is 28.6 Å². The van der Waals surface area contributed by atoms with Gasteiger partial charge in [-0.05, 0) is 32.4 Å². The minimum absolute atomic E-state index is 0.155. The molecule has 8 nitrogen and oxygen atoms in total. The summed E-state index contributed by atoms with van der Waals surface area (Å²) < 4.78 is 16.2. The van der Waals surface area contributed by atoms with Crippen LogP contribution in [0.4, 0.5) is 0 Å². The summed E-state index contributed by atoms with van der Waals surface area (Å²) in [5.41, 5.74) is 0. The maximum Gasteiger partial charge on any atom is 0.359 e. The molecule has 0 aromatic heterocycles. The summed E-state index contributed by atoms with van der Waals surface area (Å²) >= 11 is 0. The minimum atomic E-state index is -1.64. The molecule has 1 saturated heterocycles. The van der Waals surface area contributed by atoms with Crippen LogP contribution in [-0.4, -0.2) is 86.3 Å². The Morgan fingerprint density at radius 3 is 1.23 bits per heavy atom. The lowest BCUT2D eigenvalue weighted by Crippen LogP contribution is -2.46. The summed E-state index contributed by atoms with van der Waals surface area (Å²) in [6, 6.07) is 0. The predicted molar refractivity (Wildman–Crippen MR) is 193 cm³/mol. The quantitative estimate of drug-likeness (QED) is 0.0304. The fraction of sp³-hybridized carbons (Fsp3) is 0.923. The van der Waals surface area contributed by atoms with E-state index in [1.54, 1.807) is 0 Å². The first-order valence-corrected chi connectivity index (χ1v) is 20.0. The first-order chi connectivity index (χ1) is 23.0. The Labute approximate surface area is 289 Å². The van der Waals surface area contributed by atoms with Crippen LogP contribution in [0.25, 0.3) is 0 Å². The van der Waals surface area contributed by atoms with Crippen molar-refractivity contribution < 1.29 is 28.6 Å². The average molecular weight is 667 g/mol. The van der Waals surface area contributed by atoms with E-state index in [2.05, 4.69) is 30.6 Å². The fourth-order valence-corrected chi connectivity index (χ4v) is 6.19. The van der Waals surface area contributed by atoms with Crippen LogP contribution in [0.5, 0.6) is 0 Å². The van der Waals surface area contributed by atoms with Crippen molar-refractivity contribution in [1.29, 1.82) is 0 Å². The average Bonchev–Trinajstić information content (AvgIpc) is 3.08. The summed E-state index contributed by atoms with van der Waals surface area (Å²) in [5.74, 6) is -2.18. The Balaban J connectivity index is 2.35. The molecule has 0 aromatic rings. The van der Waals surface area contributed by atoms with E-state index >= 15 is 0 Å². The molecule has 0 unspecified atom stereocenters. The lowest BCUT2D eigenvalue weighted by Gasteiger charge is -2.33. The van der Waals surface area contributed by atoms with Crippen molar-refractivity contribution in [2.24, 2.45) is 0 Å². The van der Waals surface area contributed by atoms with Crippen LogP contribution in [0.15, 0.2) is 0 Å². The van der Waals surface area contributed by atoms with Crippen LogP contribution in [0.1, 0.15) is 175 Å². The molecule has 0 saturated carbocycles. The van der Waals surface area contributed by atoms with Gasteiger partial charge in [-0.3, -0.25) is 4.79 Å². The van der Waals surface area contributed by atoms with E-state index in [0.29, 0.717) is 6.42 Å². The highest BCUT2D eigenvalue weighted by atomic mass is 16.6. The molecule has 8 heteroatoms. The standard InChI is InChI=1S/C39H74N2O6/c1-4-7-9-11-13-15-17-19-21-23-25-34-45-38(43)37(47-36(42)28-27-29-41-32-30-40(6-3)31-33-41)39(44)46-35-26-24-22-20-18-16-14-12-10-8-5-2/h37H,4-35H2,1-3H3. The highest BCUT2D eigenvalue weighted by Crippen LogP contribution is 2.14. The van der Waals surface area contributed by atoms with Crippen molar-refractivity contribution in [1.82, 2.24) is 9.80 Å². The molecular formula is C39H74N2O6. The van der Waals surface area contributed by atoms with E-state index in [1.165, 1.54) is 103 Å². The molecule has 0 atom stereocenters. The zero-order chi connectivity index (χ0) is 34.2. The van der Waals surface area contributed by atoms with Crippen molar-refractivity contribution in [2.45, 2.75) is 181 Å². The summed E-state index contributed by atoms with van der Waals surface area (Å²) in [6.07, 6.45) is 25.5. The van der Waals surface area contributed by atoms with Crippen LogP contribution in [0.3, 0.4) is 0 Å². The zero-order valence-corrected chi connectivity index (χ0v) is 31.0. The topological polar surface area (TPSA) is 85.4 Å². The second-order valence-corrected chi connectivity index (χ2v) is 13.7. The number of carbonyl (C=O) groups is 3. The van der Waals surface area contributed by atoms with Gasteiger partial charge < -0.3 is 24.0 Å².